The predicted octanol–water partition coefficient (Wildman–Crippen LogP) is 2.33. The molecule has 2 N–H and O–H groups in total. The van der Waals surface area contributed by atoms with Crippen LogP contribution in [0.5, 0.6) is 0 Å². The molecule has 3 heteroatoms. The monoisotopic (exact) mass is 243 g/mol. The highest BCUT2D eigenvalue weighted by atomic mass is 16.5. The quantitative estimate of drug-likeness (QED) is 0.778. The van der Waals surface area contributed by atoms with Gasteiger partial charge >= 0.3 is 0 Å². The van der Waals surface area contributed by atoms with Crippen LogP contribution in [0.1, 0.15) is 53.9 Å². The van der Waals surface area contributed by atoms with E-state index in [0.29, 0.717) is 18.5 Å². The lowest BCUT2D eigenvalue weighted by atomic mass is 9.91. The molecule has 2 unspecified atom stereocenters. The summed E-state index contributed by atoms with van der Waals surface area (Å²) in [5.74, 6) is 0.526. The van der Waals surface area contributed by atoms with Gasteiger partial charge in [-0.1, -0.05) is 13.8 Å². The predicted molar refractivity (Wildman–Crippen MR) is 71.1 cm³/mol. The van der Waals surface area contributed by atoms with Crippen molar-refractivity contribution in [2.45, 2.75) is 71.1 Å². The largest absolute Gasteiger partial charge is 0.389 e. The summed E-state index contributed by atoms with van der Waals surface area (Å²) in [6.45, 7) is 12.0. The zero-order valence-electron chi connectivity index (χ0n) is 12.0. The lowest BCUT2D eigenvalue weighted by Crippen LogP contribution is -2.48. The van der Waals surface area contributed by atoms with E-state index in [9.17, 15) is 5.11 Å². The fourth-order valence-electron chi connectivity index (χ4n) is 2.72. The fraction of sp³-hybridized carbons (Fsp3) is 1.00. The maximum absolute atomic E-state index is 10.3. The van der Waals surface area contributed by atoms with Gasteiger partial charge in [0.25, 0.3) is 0 Å². The minimum atomic E-state index is -0.601. The molecular weight excluding hydrogens is 214 g/mol. The Morgan fingerprint density at radius 3 is 2.65 bits per heavy atom. The lowest BCUT2D eigenvalue weighted by molar-refractivity contribution is -0.0663. The fourth-order valence-corrected chi connectivity index (χ4v) is 2.72. The third-order valence-electron chi connectivity index (χ3n) is 3.32. The van der Waals surface area contributed by atoms with Crippen molar-refractivity contribution in [2.24, 2.45) is 5.92 Å². The molecule has 0 aromatic carbocycles. The molecule has 0 amide bonds. The molecule has 1 rings (SSSR count). The van der Waals surface area contributed by atoms with Crippen LogP contribution >= 0.6 is 0 Å². The van der Waals surface area contributed by atoms with E-state index in [1.807, 2.05) is 6.92 Å². The summed E-state index contributed by atoms with van der Waals surface area (Å²) < 4.78 is 5.69. The van der Waals surface area contributed by atoms with Crippen molar-refractivity contribution in [2.75, 3.05) is 13.2 Å². The van der Waals surface area contributed by atoms with Gasteiger partial charge < -0.3 is 15.2 Å². The molecule has 0 aliphatic carbocycles. The van der Waals surface area contributed by atoms with Crippen LogP contribution in [0.3, 0.4) is 0 Å². The molecule has 0 bridgehead atoms. The average Bonchev–Trinajstić information content (AvgIpc) is 2.11. The Morgan fingerprint density at radius 2 is 2.12 bits per heavy atom. The van der Waals surface area contributed by atoms with E-state index in [2.05, 4.69) is 33.0 Å². The molecular formula is C14H29NO2. The molecule has 1 heterocycles. The molecule has 1 aliphatic rings. The van der Waals surface area contributed by atoms with Crippen molar-refractivity contribution in [1.29, 1.82) is 0 Å². The molecule has 0 radical (unpaired) electrons. The van der Waals surface area contributed by atoms with Crippen LogP contribution in [0, 0.1) is 5.92 Å². The summed E-state index contributed by atoms with van der Waals surface area (Å²) in [4.78, 5) is 0. The van der Waals surface area contributed by atoms with Crippen LogP contribution in [0.4, 0.5) is 0 Å². The normalized spacial score (nSPS) is 28.1. The molecule has 102 valence electrons. The highest BCUT2D eigenvalue weighted by Gasteiger charge is 2.30. The van der Waals surface area contributed by atoms with Gasteiger partial charge in [-0.25, -0.2) is 0 Å². The van der Waals surface area contributed by atoms with Crippen molar-refractivity contribution in [1.82, 2.24) is 5.32 Å². The lowest BCUT2D eigenvalue weighted by Gasteiger charge is -2.37. The third kappa shape index (κ3) is 5.84. The van der Waals surface area contributed by atoms with Gasteiger partial charge in [0, 0.05) is 19.2 Å². The van der Waals surface area contributed by atoms with E-state index in [1.54, 1.807) is 0 Å². The number of rotatable bonds is 5. The summed E-state index contributed by atoms with van der Waals surface area (Å²) in [6, 6.07) is 0.470. The Hall–Kier alpha value is -0.120. The van der Waals surface area contributed by atoms with Crippen LogP contribution in [0.25, 0.3) is 0 Å². The zero-order valence-corrected chi connectivity index (χ0v) is 12.0. The second kappa shape index (κ2) is 5.68. The first kappa shape index (κ1) is 14.9. The first-order valence-corrected chi connectivity index (χ1v) is 6.80. The molecule has 0 saturated carbocycles. The minimum absolute atomic E-state index is 0.0280. The zero-order chi connectivity index (χ0) is 13.1. The summed E-state index contributed by atoms with van der Waals surface area (Å²) in [7, 11) is 0. The van der Waals surface area contributed by atoms with Gasteiger partial charge in [-0.15, -0.1) is 0 Å². The summed E-state index contributed by atoms with van der Waals surface area (Å²) in [5.41, 5.74) is -0.629. The molecule has 0 aromatic heterocycles. The van der Waals surface area contributed by atoms with E-state index in [4.69, 9.17) is 4.74 Å². The van der Waals surface area contributed by atoms with E-state index >= 15 is 0 Å². The number of nitrogens with one attached hydrogen (secondary N) is 1. The Bertz CT molecular complexity index is 236. The van der Waals surface area contributed by atoms with Crippen molar-refractivity contribution in [3.05, 3.63) is 0 Å². The van der Waals surface area contributed by atoms with Gasteiger partial charge in [-0.2, -0.15) is 0 Å². The van der Waals surface area contributed by atoms with Crippen LogP contribution < -0.4 is 5.32 Å². The topological polar surface area (TPSA) is 41.5 Å². The van der Waals surface area contributed by atoms with Crippen LogP contribution in [0.15, 0.2) is 0 Å². The van der Waals surface area contributed by atoms with Crippen molar-refractivity contribution >= 4 is 0 Å². The number of aliphatic hydroxyl groups is 1. The molecule has 1 aliphatic heterocycles. The summed E-state index contributed by atoms with van der Waals surface area (Å²) >= 11 is 0. The molecule has 1 saturated heterocycles. The molecule has 0 spiro atoms. The first-order valence-electron chi connectivity index (χ1n) is 6.80. The van der Waals surface area contributed by atoms with E-state index in [-0.39, 0.29) is 5.60 Å². The van der Waals surface area contributed by atoms with E-state index in [0.717, 1.165) is 25.9 Å². The summed E-state index contributed by atoms with van der Waals surface area (Å²) in [5, 5.41) is 13.7. The molecule has 2 atom stereocenters. The molecule has 1 fully saturated rings. The molecule has 17 heavy (non-hydrogen) atoms. The Morgan fingerprint density at radius 1 is 1.47 bits per heavy atom. The van der Waals surface area contributed by atoms with Gasteiger partial charge in [-0.3, -0.25) is 0 Å². The Balaban J connectivity index is 2.35. The van der Waals surface area contributed by atoms with E-state index < -0.39 is 5.60 Å². The second-order valence-electron chi connectivity index (χ2n) is 6.77. The molecule has 0 aromatic rings. The van der Waals surface area contributed by atoms with Gasteiger partial charge in [0.1, 0.15) is 0 Å². The van der Waals surface area contributed by atoms with Gasteiger partial charge in [0.15, 0.2) is 0 Å². The number of hydrogen-bond donors (Lipinski definition) is 2. The first-order chi connectivity index (χ1) is 7.70. The number of hydrogen-bond acceptors (Lipinski definition) is 3. The van der Waals surface area contributed by atoms with Crippen LogP contribution in [-0.2, 0) is 4.74 Å². The highest BCUT2D eigenvalue weighted by molar-refractivity contribution is 4.86. The third-order valence-corrected chi connectivity index (χ3v) is 3.32. The van der Waals surface area contributed by atoms with Crippen molar-refractivity contribution < 1.29 is 9.84 Å². The smallest absolute Gasteiger partial charge is 0.0746 e. The summed E-state index contributed by atoms with van der Waals surface area (Å²) in [6.07, 6.45) is 2.90. The van der Waals surface area contributed by atoms with Gasteiger partial charge in [0.05, 0.1) is 11.2 Å². The Kier molecular flexibility index (Phi) is 4.99. The molecule has 3 nitrogen and oxygen atoms in total. The van der Waals surface area contributed by atoms with E-state index in [1.165, 1.54) is 0 Å². The SMILES string of the molecule is CC(C)CC(C)(O)CNC1CCOC(C)(C)C1. The van der Waals surface area contributed by atoms with Gasteiger partial charge in [-0.05, 0) is 46.0 Å². The number of ether oxygens (including phenoxy) is 1. The average molecular weight is 243 g/mol. The minimum Gasteiger partial charge on any atom is -0.389 e. The highest BCUT2D eigenvalue weighted by Crippen LogP contribution is 2.24. The van der Waals surface area contributed by atoms with Crippen LogP contribution in [0.2, 0.25) is 0 Å². The maximum atomic E-state index is 10.3. The van der Waals surface area contributed by atoms with Gasteiger partial charge in [0.2, 0.25) is 0 Å². The van der Waals surface area contributed by atoms with Crippen molar-refractivity contribution in [3.63, 3.8) is 0 Å². The van der Waals surface area contributed by atoms with Crippen molar-refractivity contribution in [3.8, 4) is 0 Å². The van der Waals surface area contributed by atoms with Crippen LogP contribution in [-0.4, -0.2) is 35.5 Å². The maximum Gasteiger partial charge on any atom is 0.0746 e. The standard InChI is InChI=1S/C14H29NO2/c1-11(2)8-14(5,16)10-15-12-6-7-17-13(3,4)9-12/h11-12,15-16H,6-10H2,1-5H3. The Labute approximate surface area is 106 Å². The second-order valence-corrected chi connectivity index (χ2v) is 6.77.